The van der Waals surface area contributed by atoms with Gasteiger partial charge in [0.15, 0.2) is 0 Å². The SMILES string of the molecule is CC(C)(CCO)NC(=O)c1cccc(C(F)(F)F)c1F. The average Bonchev–Trinajstić information content (AvgIpc) is 2.26. The molecule has 0 radical (unpaired) electrons. The van der Waals surface area contributed by atoms with Gasteiger partial charge in [-0.25, -0.2) is 4.39 Å². The Bertz CT molecular complexity index is 498. The van der Waals surface area contributed by atoms with Crippen LogP contribution in [0.15, 0.2) is 18.2 Å². The summed E-state index contributed by atoms with van der Waals surface area (Å²) in [4.78, 5) is 11.8. The van der Waals surface area contributed by atoms with Crippen molar-refractivity contribution in [3.63, 3.8) is 0 Å². The Labute approximate surface area is 113 Å². The molecule has 1 rings (SSSR count). The fourth-order valence-corrected chi connectivity index (χ4v) is 1.64. The van der Waals surface area contributed by atoms with Crippen LogP contribution < -0.4 is 5.32 Å². The molecule has 0 aliphatic carbocycles. The molecule has 1 aromatic carbocycles. The summed E-state index contributed by atoms with van der Waals surface area (Å²) in [5.74, 6) is -2.55. The number of hydrogen-bond acceptors (Lipinski definition) is 2. The zero-order valence-electron chi connectivity index (χ0n) is 11.0. The van der Waals surface area contributed by atoms with E-state index in [9.17, 15) is 22.4 Å². The Kier molecular flexibility index (Phi) is 4.75. The van der Waals surface area contributed by atoms with Crippen LogP contribution in [0.5, 0.6) is 0 Å². The van der Waals surface area contributed by atoms with Crippen molar-refractivity contribution < 1.29 is 27.5 Å². The van der Waals surface area contributed by atoms with Gasteiger partial charge in [0.1, 0.15) is 5.82 Å². The molecule has 1 amide bonds. The van der Waals surface area contributed by atoms with E-state index in [2.05, 4.69) is 5.32 Å². The number of hydrogen-bond donors (Lipinski definition) is 2. The van der Waals surface area contributed by atoms with Crippen LogP contribution in [0.4, 0.5) is 17.6 Å². The lowest BCUT2D eigenvalue weighted by molar-refractivity contribution is -0.140. The average molecular weight is 293 g/mol. The Morgan fingerprint density at radius 1 is 1.30 bits per heavy atom. The Morgan fingerprint density at radius 2 is 1.90 bits per heavy atom. The molecule has 7 heteroatoms. The van der Waals surface area contributed by atoms with E-state index in [1.807, 2.05) is 0 Å². The molecular formula is C13H15F4NO2. The summed E-state index contributed by atoms with van der Waals surface area (Å²) in [5.41, 5.74) is -3.01. The molecular weight excluding hydrogens is 278 g/mol. The molecule has 0 heterocycles. The monoisotopic (exact) mass is 293 g/mol. The molecule has 0 saturated heterocycles. The molecule has 0 saturated carbocycles. The molecule has 0 aromatic heterocycles. The van der Waals surface area contributed by atoms with Crippen molar-refractivity contribution in [2.24, 2.45) is 0 Å². The lowest BCUT2D eigenvalue weighted by Gasteiger charge is -2.25. The number of nitrogens with one attached hydrogen (secondary N) is 1. The molecule has 20 heavy (non-hydrogen) atoms. The van der Waals surface area contributed by atoms with Gasteiger partial charge in [0.2, 0.25) is 0 Å². The first kappa shape index (κ1) is 16.4. The lowest BCUT2D eigenvalue weighted by Crippen LogP contribution is -2.44. The van der Waals surface area contributed by atoms with Crippen LogP contribution in [-0.4, -0.2) is 23.2 Å². The number of carbonyl (C=O) groups is 1. The van der Waals surface area contributed by atoms with Gasteiger partial charge in [-0.15, -0.1) is 0 Å². The van der Waals surface area contributed by atoms with E-state index in [1.165, 1.54) is 0 Å². The van der Waals surface area contributed by atoms with Gasteiger partial charge in [0.05, 0.1) is 11.1 Å². The van der Waals surface area contributed by atoms with Crippen molar-refractivity contribution in [3.8, 4) is 0 Å². The predicted octanol–water partition coefficient (Wildman–Crippen LogP) is 2.74. The van der Waals surface area contributed by atoms with E-state index >= 15 is 0 Å². The summed E-state index contributed by atoms with van der Waals surface area (Å²) in [6, 6.07) is 2.53. The largest absolute Gasteiger partial charge is 0.419 e. The smallest absolute Gasteiger partial charge is 0.396 e. The van der Waals surface area contributed by atoms with Crippen LogP contribution in [-0.2, 0) is 6.18 Å². The molecule has 2 N–H and O–H groups in total. The van der Waals surface area contributed by atoms with Gasteiger partial charge in [-0.05, 0) is 32.4 Å². The van der Waals surface area contributed by atoms with Gasteiger partial charge in [-0.1, -0.05) is 6.07 Å². The third-order valence-electron chi connectivity index (χ3n) is 2.74. The van der Waals surface area contributed by atoms with Gasteiger partial charge >= 0.3 is 6.18 Å². The fourth-order valence-electron chi connectivity index (χ4n) is 1.64. The molecule has 0 aliphatic heterocycles. The summed E-state index contributed by atoms with van der Waals surface area (Å²) < 4.78 is 51.4. The van der Waals surface area contributed by atoms with Crippen LogP contribution >= 0.6 is 0 Å². The highest BCUT2D eigenvalue weighted by Crippen LogP contribution is 2.32. The van der Waals surface area contributed by atoms with Gasteiger partial charge < -0.3 is 10.4 Å². The highest BCUT2D eigenvalue weighted by Gasteiger charge is 2.36. The first-order valence-electron chi connectivity index (χ1n) is 5.87. The van der Waals surface area contributed by atoms with Gasteiger partial charge in [-0.3, -0.25) is 4.79 Å². The van der Waals surface area contributed by atoms with Crippen molar-refractivity contribution in [3.05, 3.63) is 35.1 Å². The highest BCUT2D eigenvalue weighted by atomic mass is 19.4. The maximum atomic E-state index is 13.7. The second-order valence-electron chi connectivity index (χ2n) is 4.98. The van der Waals surface area contributed by atoms with Gasteiger partial charge in [-0.2, -0.15) is 13.2 Å². The number of alkyl halides is 3. The summed E-state index contributed by atoms with van der Waals surface area (Å²) >= 11 is 0. The maximum absolute atomic E-state index is 13.7. The van der Waals surface area contributed by atoms with E-state index in [4.69, 9.17) is 5.11 Å². The van der Waals surface area contributed by atoms with Crippen LogP contribution in [0.3, 0.4) is 0 Å². The van der Waals surface area contributed by atoms with E-state index in [1.54, 1.807) is 13.8 Å². The van der Waals surface area contributed by atoms with Crippen LogP contribution in [0.1, 0.15) is 36.2 Å². The van der Waals surface area contributed by atoms with Crippen molar-refractivity contribution in [1.82, 2.24) is 5.32 Å². The fraction of sp³-hybridized carbons (Fsp3) is 0.462. The van der Waals surface area contributed by atoms with Crippen molar-refractivity contribution in [2.75, 3.05) is 6.61 Å². The number of aliphatic hydroxyl groups excluding tert-OH is 1. The summed E-state index contributed by atoms with van der Waals surface area (Å²) in [6.45, 7) is 2.94. The number of amides is 1. The quantitative estimate of drug-likeness (QED) is 0.839. The second-order valence-corrected chi connectivity index (χ2v) is 4.98. The molecule has 0 fully saturated rings. The third kappa shape index (κ3) is 3.93. The van der Waals surface area contributed by atoms with Crippen LogP contribution in [0.25, 0.3) is 0 Å². The summed E-state index contributed by atoms with van der Waals surface area (Å²) in [7, 11) is 0. The minimum absolute atomic E-state index is 0.194. The topological polar surface area (TPSA) is 49.3 Å². The number of aliphatic hydroxyl groups is 1. The summed E-state index contributed by atoms with van der Waals surface area (Å²) in [6.07, 6.45) is -4.67. The molecule has 1 aromatic rings. The van der Waals surface area contributed by atoms with E-state index < -0.39 is 34.6 Å². The number of rotatable bonds is 4. The standard InChI is InChI=1S/C13H15F4NO2/c1-12(2,6-7-19)18-11(20)8-4-3-5-9(10(8)14)13(15,16)17/h3-5,19H,6-7H2,1-2H3,(H,18,20). The lowest BCUT2D eigenvalue weighted by atomic mass is 10.00. The zero-order valence-corrected chi connectivity index (χ0v) is 11.0. The van der Waals surface area contributed by atoms with Crippen molar-refractivity contribution in [2.45, 2.75) is 32.0 Å². The van der Waals surface area contributed by atoms with E-state index in [0.29, 0.717) is 6.07 Å². The molecule has 112 valence electrons. The first-order valence-corrected chi connectivity index (χ1v) is 5.87. The van der Waals surface area contributed by atoms with E-state index in [-0.39, 0.29) is 13.0 Å². The number of halogens is 4. The minimum atomic E-state index is -4.86. The zero-order chi connectivity index (χ0) is 15.6. The Morgan fingerprint density at radius 3 is 2.40 bits per heavy atom. The minimum Gasteiger partial charge on any atom is -0.396 e. The van der Waals surface area contributed by atoms with Crippen molar-refractivity contribution in [1.29, 1.82) is 0 Å². The van der Waals surface area contributed by atoms with E-state index in [0.717, 1.165) is 12.1 Å². The molecule has 0 spiro atoms. The van der Waals surface area contributed by atoms with Crippen molar-refractivity contribution >= 4 is 5.91 Å². The maximum Gasteiger partial charge on any atom is 0.419 e. The normalized spacial score (nSPS) is 12.3. The molecule has 3 nitrogen and oxygen atoms in total. The molecule has 0 aliphatic rings. The Hall–Kier alpha value is -1.63. The van der Waals surface area contributed by atoms with Crippen LogP contribution in [0.2, 0.25) is 0 Å². The molecule has 0 unspecified atom stereocenters. The Balaban J connectivity index is 3.06. The second kappa shape index (κ2) is 5.78. The number of carbonyl (C=O) groups excluding carboxylic acids is 1. The third-order valence-corrected chi connectivity index (χ3v) is 2.74. The van der Waals surface area contributed by atoms with Crippen LogP contribution in [0, 0.1) is 5.82 Å². The van der Waals surface area contributed by atoms with Gasteiger partial charge in [0.25, 0.3) is 5.91 Å². The summed E-state index contributed by atoms with van der Waals surface area (Å²) in [5, 5.41) is 11.2. The first-order chi connectivity index (χ1) is 9.08. The predicted molar refractivity (Wildman–Crippen MR) is 64.7 cm³/mol. The van der Waals surface area contributed by atoms with Gasteiger partial charge in [0, 0.05) is 12.1 Å². The number of benzene rings is 1. The molecule has 0 atom stereocenters. The molecule has 0 bridgehead atoms. The highest BCUT2D eigenvalue weighted by molar-refractivity contribution is 5.95.